The number of rotatable bonds is 6. The van der Waals surface area contributed by atoms with E-state index >= 15 is 0 Å². The van der Waals surface area contributed by atoms with Crippen molar-refractivity contribution in [2.24, 2.45) is 0 Å². The molecule has 3 aromatic rings. The molecule has 1 atom stereocenters. The van der Waals surface area contributed by atoms with Crippen molar-refractivity contribution < 1.29 is 12.8 Å². The highest BCUT2D eigenvalue weighted by atomic mass is 32.2. The van der Waals surface area contributed by atoms with Crippen LogP contribution in [0.3, 0.4) is 0 Å². The number of fused-ring (bicyclic) bond motifs is 1. The van der Waals surface area contributed by atoms with Crippen molar-refractivity contribution in [3.63, 3.8) is 0 Å². The first kappa shape index (κ1) is 18.2. The number of thiophene rings is 1. The fourth-order valence-corrected chi connectivity index (χ4v) is 5.30. The highest BCUT2D eigenvalue weighted by Crippen LogP contribution is 2.36. The van der Waals surface area contributed by atoms with Crippen LogP contribution in [0.5, 0.6) is 0 Å². The van der Waals surface area contributed by atoms with Gasteiger partial charge < -0.3 is 4.90 Å². The zero-order valence-corrected chi connectivity index (χ0v) is 16.1. The van der Waals surface area contributed by atoms with Crippen LogP contribution in [0.4, 0.5) is 10.1 Å². The molecular weight excluding hydrogens is 383 g/mol. The van der Waals surface area contributed by atoms with Crippen molar-refractivity contribution in [2.45, 2.75) is 17.4 Å². The molecule has 0 unspecified atom stereocenters. The first-order valence-electron chi connectivity index (χ1n) is 8.68. The van der Waals surface area contributed by atoms with Crippen molar-refractivity contribution in [1.29, 1.82) is 0 Å². The monoisotopic (exact) mass is 402 g/mol. The van der Waals surface area contributed by atoms with Gasteiger partial charge in [0.2, 0.25) is 10.0 Å². The van der Waals surface area contributed by atoms with Crippen LogP contribution >= 0.6 is 11.3 Å². The van der Waals surface area contributed by atoms with Crippen molar-refractivity contribution in [3.8, 4) is 0 Å². The molecule has 4 nitrogen and oxygen atoms in total. The first-order chi connectivity index (χ1) is 13.0. The molecule has 2 heterocycles. The third-order valence-corrected chi connectivity index (χ3v) is 7.17. The van der Waals surface area contributed by atoms with Gasteiger partial charge >= 0.3 is 0 Å². The smallest absolute Gasteiger partial charge is 0.240 e. The first-order valence-corrected chi connectivity index (χ1v) is 11.0. The van der Waals surface area contributed by atoms with Gasteiger partial charge in [-0.15, -0.1) is 11.3 Å². The molecule has 1 aromatic heterocycles. The molecule has 1 aliphatic heterocycles. The summed E-state index contributed by atoms with van der Waals surface area (Å²) in [6, 6.07) is 17.0. The third kappa shape index (κ3) is 3.76. The van der Waals surface area contributed by atoms with Gasteiger partial charge in [0, 0.05) is 23.7 Å². The number of halogens is 1. The Kier molecular flexibility index (Phi) is 4.99. The summed E-state index contributed by atoms with van der Waals surface area (Å²) < 4.78 is 41.1. The predicted molar refractivity (Wildman–Crippen MR) is 106 cm³/mol. The minimum absolute atomic E-state index is 0.0654. The van der Waals surface area contributed by atoms with E-state index < -0.39 is 15.8 Å². The number of sulfonamides is 1. The highest BCUT2D eigenvalue weighted by Gasteiger charge is 2.29. The molecule has 1 aliphatic rings. The van der Waals surface area contributed by atoms with Crippen molar-refractivity contribution in [3.05, 3.63) is 82.3 Å². The second-order valence-corrected chi connectivity index (χ2v) is 9.16. The van der Waals surface area contributed by atoms with Gasteiger partial charge in [-0.25, -0.2) is 17.5 Å². The number of nitrogens with one attached hydrogen (secondary N) is 1. The van der Waals surface area contributed by atoms with Crippen molar-refractivity contribution in [1.82, 2.24) is 4.72 Å². The van der Waals surface area contributed by atoms with Gasteiger partial charge in [0.15, 0.2) is 0 Å². The third-order valence-electron chi connectivity index (χ3n) is 4.76. The van der Waals surface area contributed by atoms with Crippen LogP contribution in [0.2, 0.25) is 0 Å². The SMILES string of the molecule is O=S(=O)(NC[C@@H](c1cccs1)N1CCc2ccccc21)c1ccc(F)cc1. The Morgan fingerprint density at radius 3 is 2.59 bits per heavy atom. The van der Waals surface area contributed by atoms with Crippen molar-refractivity contribution in [2.75, 3.05) is 18.0 Å². The summed E-state index contributed by atoms with van der Waals surface area (Å²) in [6.07, 6.45) is 0.947. The topological polar surface area (TPSA) is 49.4 Å². The second-order valence-electron chi connectivity index (χ2n) is 6.41. The van der Waals surface area contributed by atoms with E-state index in [0.717, 1.165) is 35.7 Å². The molecule has 140 valence electrons. The van der Waals surface area contributed by atoms with Gasteiger partial charge in [-0.3, -0.25) is 0 Å². The number of anilines is 1. The average molecular weight is 403 g/mol. The van der Waals surface area contributed by atoms with E-state index in [4.69, 9.17) is 0 Å². The Balaban J connectivity index is 1.59. The van der Waals surface area contributed by atoms with E-state index in [0.29, 0.717) is 0 Å². The average Bonchev–Trinajstić information content (AvgIpc) is 3.33. The Morgan fingerprint density at radius 1 is 1.07 bits per heavy atom. The second kappa shape index (κ2) is 7.42. The minimum Gasteiger partial charge on any atom is -0.362 e. The van der Waals surface area contributed by atoms with Crippen LogP contribution in [0.1, 0.15) is 16.5 Å². The van der Waals surface area contributed by atoms with Crippen LogP contribution < -0.4 is 9.62 Å². The summed E-state index contributed by atoms with van der Waals surface area (Å²) in [5, 5.41) is 2.00. The molecular formula is C20H19FN2O2S2. The van der Waals surface area contributed by atoms with Gasteiger partial charge in [0.05, 0.1) is 10.9 Å². The van der Waals surface area contributed by atoms with Crippen LogP contribution in [-0.4, -0.2) is 21.5 Å². The number of hydrogen-bond donors (Lipinski definition) is 1. The quantitative estimate of drug-likeness (QED) is 0.679. The molecule has 0 fully saturated rings. The number of benzene rings is 2. The normalized spacial score (nSPS) is 14.9. The molecule has 0 bridgehead atoms. The van der Waals surface area contributed by atoms with E-state index in [1.54, 1.807) is 11.3 Å². The van der Waals surface area contributed by atoms with Crippen LogP contribution in [-0.2, 0) is 16.4 Å². The number of para-hydroxylation sites is 1. The number of nitrogens with zero attached hydrogens (tertiary/aromatic N) is 1. The molecule has 1 N–H and O–H groups in total. The highest BCUT2D eigenvalue weighted by molar-refractivity contribution is 7.89. The molecule has 0 spiro atoms. The molecule has 0 radical (unpaired) electrons. The van der Waals surface area contributed by atoms with E-state index in [1.165, 1.54) is 17.7 Å². The predicted octanol–water partition coefficient (Wildman–Crippen LogP) is 3.97. The molecule has 27 heavy (non-hydrogen) atoms. The van der Waals surface area contributed by atoms with Gasteiger partial charge in [0.1, 0.15) is 5.82 Å². The lowest BCUT2D eigenvalue weighted by Gasteiger charge is -2.30. The van der Waals surface area contributed by atoms with E-state index in [2.05, 4.69) is 21.8 Å². The Bertz CT molecular complexity index is 1020. The zero-order chi connectivity index (χ0) is 18.9. The maximum Gasteiger partial charge on any atom is 0.240 e. The Morgan fingerprint density at radius 2 is 1.85 bits per heavy atom. The Hall–Kier alpha value is -2.22. The Labute approximate surface area is 162 Å². The lowest BCUT2D eigenvalue weighted by Crippen LogP contribution is -2.37. The van der Waals surface area contributed by atoms with Gasteiger partial charge in [-0.05, 0) is 53.8 Å². The largest absolute Gasteiger partial charge is 0.362 e. The molecule has 7 heteroatoms. The van der Waals surface area contributed by atoms with E-state index in [1.807, 2.05) is 29.6 Å². The molecule has 4 rings (SSSR count). The molecule has 0 amide bonds. The van der Waals surface area contributed by atoms with E-state index in [-0.39, 0.29) is 17.5 Å². The lowest BCUT2D eigenvalue weighted by atomic mass is 10.1. The molecule has 0 aliphatic carbocycles. The minimum atomic E-state index is -3.71. The van der Waals surface area contributed by atoms with Gasteiger partial charge in [-0.2, -0.15) is 0 Å². The summed E-state index contributed by atoms with van der Waals surface area (Å²) >= 11 is 1.61. The molecule has 0 saturated heterocycles. The molecule has 2 aromatic carbocycles. The van der Waals surface area contributed by atoms with Crippen molar-refractivity contribution >= 4 is 27.0 Å². The van der Waals surface area contributed by atoms with Crippen LogP contribution in [0, 0.1) is 5.82 Å². The standard InChI is InChI=1S/C20H19FN2O2S2/c21-16-7-9-17(10-8-16)27(24,25)22-14-19(20-6-3-13-26-20)23-12-11-15-4-1-2-5-18(15)23/h1-10,13,19,22H,11-12,14H2/t19-/m0/s1. The fraction of sp³-hybridized carbons (Fsp3) is 0.200. The zero-order valence-electron chi connectivity index (χ0n) is 14.5. The van der Waals surface area contributed by atoms with E-state index in [9.17, 15) is 12.8 Å². The lowest BCUT2D eigenvalue weighted by molar-refractivity contribution is 0.564. The van der Waals surface area contributed by atoms with Gasteiger partial charge in [-0.1, -0.05) is 24.3 Å². The number of hydrogen-bond acceptors (Lipinski definition) is 4. The summed E-state index contributed by atoms with van der Waals surface area (Å²) in [7, 11) is -3.71. The fourth-order valence-electron chi connectivity index (χ4n) is 3.42. The summed E-state index contributed by atoms with van der Waals surface area (Å²) in [5.74, 6) is -0.459. The van der Waals surface area contributed by atoms with Crippen LogP contribution in [0.25, 0.3) is 0 Å². The van der Waals surface area contributed by atoms with Crippen LogP contribution in [0.15, 0.2) is 70.9 Å². The maximum atomic E-state index is 13.1. The summed E-state index contributed by atoms with van der Waals surface area (Å²) in [4.78, 5) is 3.43. The molecule has 0 saturated carbocycles. The summed E-state index contributed by atoms with van der Waals surface area (Å²) in [6.45, 7) is 1.09. The van der Waals surface area contributed by atoms with Gasteiger partial charge in [0.25, 0.3) is 0 Å². The summed E-state index contributed by atoms with van der Waals surface area (Å²) in [5.41, 5.74) is 2.43. The maximum absolute atomic E-state index is 13.1.